The van der Waals surface area contributed by atoms with Crippen molar-refractivity contribution in [3.8, 4) is 12.3 Å². The predicted octanol–water partition coefficient (Wildman–Crippen LogP) is 1.34. The van der Waals surface area contributed by atoms with Crippen LogP contribution < -0.4 is 0 Å². The Morgan fingerprint density at radius 1 is 1.55 bits per heavy atom. The molecule has 1 fully saturated rings. The van der Waals surface area contributed by atoms with Gasteiger partial charge in [-0.3, -0.25) is 0 Å². The molecule has 2 nitrogen and oxygen atoms in total. The maximum atomic E-state index is 5.19. The van der Waals surface area contributed by atoms with Crippen LogP contribution in [0.5, 0.6) is 0 Å². The van der Waals surface area contributed by atoms with Crippen molar-refractivity contribution in [1.29, 1.82) is 0 Å². The maximum Gasteiger partial charge on any atom is 0.135 e. The lowest BCUT2D eigenvalue weighted by Gasteiger charge is -1.94. The van der Waals surface area contributed by atoms with Crippen molar-refractivity contribution < 1.29 is 0 Å². The fraction of sp³-hybridized carbons (Fsp3) is 0.333. The van der Waals surface area contributed by atoms with Crippen molar-refractivity contribution >= 4 is 0 Å². The van der Waals surface area contributed by atoms with Gasteiger partial charge in [0.2, 0.25) is 0 Å². The number of hydrogen-bond acceptors (Lipinski definition) is 2. The van der Waals surface area contributed by atoms with E-state index in [1.165, 1.54) is 18.4 Å². The van der Waals surface area contributed by atoms with Crippen LogP contribution in [-0.2, 0) is 0 Å². The number of nitrogens with zero attached hydrogens (tertiary/aromatic N) is 2. The van der Waals surface area contributed by atoms with Crippen LogP contribution in [0.25, 0.3) is 0 Å². The molecule has 0 spiro atoms. The lowest BCUT2D eigenvalue weighted by Crippen LogP contribution is -1.89. The molecular weight excluding hydrogens is 136 g/mol. The van der Waals surface area contributed by atoms with Gasteiger partial charge in [-0.05, 0) is 36.3 Å². The van der Waals surface area contributed by atoms with Crippen LogP contribution in [0.15, 0.2) is 12.3 Å². The summed E-state index contributed by atoms with van der Waals surface area (Å²) in [4.78, 5) is 0. The van der Waals surface area contributed by atoms with Crippen LogP contribution in [0.2, 0.25) is 0 Å². The van der Waals surface area contributed by atoms with Crippen LogP contribution in [0.1, 0.15) is 30.0 Å². The molecule has 2 heteroatoms. The lowest BCUT2D eigenvalue weighted by atomic mass is 10.2. The molecule has 0 N–H and O–H groups in total. The van der Waals surface area contributed by atoms with Crippen LogP contribution in [0.4, 0.5) is 0 Å². The smallest absolute Gasteiger partial charge is 0.135 e. The Bertz CT molecular complexity index is 308. The Kier molecular flexibility index (Phi) is 1.36. The summed E-state index contributed by atoms with van der Waals surface area (Å²) >= 11 is 0. The molecule has 11 heavy (non-hydrogen) atoms. The molecule has 2 rings (SSSR count). The van der Waals surface area contributed by atoms with Crippen molar-refractivity contribution in [1.82, 2.24) is 10.2 Å². The van der Waals surface area contributed by atoms with Crippen molar-refractivity contribution in [3.63, 3.8) is 0 Å². The summed E-state index contributed by atoms with van der Waals surface area (Å²) in [5.74, 6) is 3.18. The Morgan fingerprint density at radius 2 is 2.36 bits per heavy atom. The number of terminal acetylenes is 1. The van der Waals surface area contributed by atoms with Gasteiger partial charge in [0.05, 0.1) is 6.20 Å². The average Bonchev–Trinajstić information content (AvgIpc) is 2.87. The minimum atomic E-state index is 0.648. The number of rotatable bonds is 1. The first kappa shape index (κ1) is 6.36. The van der Waals surface area contributed by atoms with Crippen LogP contribution >= 0.6 is 0 Å². The zero-order chi connectivity index (χ0) is 7.68. The first-order valence-corrected chi connectivity index (χ1v) is 3.69. The van der Waals surface area contributed by atoms with Gasteiger partial charge < -0.3 is 0 Å². The third-order valence-corrected chi connectivity index (χ3v) is 1.87. The molecule has 0 bridgehead atoms. The summed E-state index contributed by atoms with van der Waals surface area (Å²) in [6.07, 6.45) is 9.54. The third kappa shape index (κ3) is 1.22. The van der Waals surface area contributed by atoms with Gasteiger partial charge in [-0.1, -0.05) is 0 Å². The molecule has 0 aliphatic heterocycles. The second kappa shape index (κ2) is 2.35. The van der Waals surface area contributed by atoms with Crippen LogP contribution in [-0.4, -0.2) is 10.2 Å². The molecule has 54 valence electrons. The van der Waals surface area contributed by atoms with Gasteiger partial charge in [-0.15, -0.1) is 11.5 Å². The summed E-state index contributed by atoms with van der Waals surface area (Å²) in [6, 6.07) is 1.95. The molecule has 1 saturated carbocycles. The van der Waals surface area contributed by atoms with E-state index in [9.17, 15) is 0 Å². The standard InChI is InChI=1S/C9H8N2/c1-2-9-5-8(6-10-11-9)7-3-4-7/h1,5-7H,3-4H2. The first-order valence-electron chi connectivity index (χ1n) is 3.69. The van der Waals surface area contributed by atoms with Gasteiger partial charge in [0.15, 0.2) is 0 Å². The largest absolute Gasteiger partial charge is 0.158 e. The fourth-order valence-electron chi connectivity index (χ4n) is 1.09. The van der Waals surface area contributed by atoms with Gasteiger partial charge in [0.25, 0.3) is 0 Å². The molecule has 0 radical (unpaired) electrons. The highest BCUT2D eigenvalue weighted by atomic mass is 15.1. The average molecular weight is 144 g/mol. The summed E-state index contributed by atoms with van der Waals surface area (Å²) < 4.78 is 0. The summed E-state index contributed by atoms with van der Waals surface area (Å²) in [5.41, 5.74) is 1.89. The monoisotopic (exact) mass is 144 g/mol. The van der Waals surface area contributed by atoms with E-state index in [-0.39, 0.29) is 0 Å². The summed E-state index contributed by atoms with van der Waals surface area (Å²) in [7, 11) is 0. The molecule has 0 saturated heterocycles. The third-order valence-electron chi connectivity index (χ3n) is 1.87. The van der Waals surface area contributed by atoms with E-state index in [1.807, 2.05) is 6.07 Å². The number of aromatic nitrogens is 2. The van der Waals surface area contributed by atoms with E-state index in [2.05, 4.69) is 16.1 Å². The Balaban J connectivity index is 2.35. The fourth-order valence-corrected chi connectivity index (χ4v) is 1.09. The zero-order valence-electron chi connectivity index (χ0n) is 6.12. The van der Waals surface area contributed by atoms with Crippen LogP contribution in [0.3, 0.4) is 0 Å². The maximum absolute atomic E-state index is 5.19. The van der Waals surface area contributed by atoms with Crippen molar-refractivity contribution in [3.05, 3.63) is 23.5 Å². The molecule has 0 unspecified atom stereocenters. The molecule has 1 aliphatic carbocycles. The molecule has 0 amide bonds. The lowest BCUT2D eigenvalue weighted by molar-refractivity contribution is 0.965. The topological polar surface area (TPSA) is 25.8 Å². The molecule has 1 aromatic heterocycles. The first-order chi connectivity index (χ1) is 5.40. The Labute approximate surface area is 65.7 Å². The Hall–Kier alpha value is -1.36. The van der Waals surface area contributed by atoms with E-state index in [4.69, 9.17) is 6.42 Å². The molecule has 1 aromatic rings. The predicted molar refractivity (Wildman–Crippen MR) is 41.9 cm³/mol. The number of hydrogen-bond donors (Lipinski definition) is 0. The van der Waals surface area contributed by atoms with Gasteiger partial charge in [-0.25, -0.2) is 0 Å². The Morgan fingerprint density at radius 3 is 3.00 bits per heavy atom. The molecular formula is C9H8N2. The van der Waals surface area contributed by atoms with Crippen molar-refractivity contribution in [2.24, 2.45) is 0 Å². The van der Waals surface area contributed by atoms with E-state index in [1.54, 1.807) is 6.20 Å². The van der Waals surface area contributed by atoms with E-state index in [0.717, 1.165) is 0 Å². The second-order valence-electron chi connectivity index (χ2n) is 2.79. The molecule has 1 heterocycles. The zero-order valence-corrected chi connectivity index (χ0v) is 6.12. The minimum absolute atomic E-state index is 0.648. The van der Waals surface area contributed by atoms with E-state index >= 15 is 0 Å². The molecule has 0 atom stereocenters. The molecule has 0 aromatic carbocycles. The van der Waals surface area contributed by atoms with E-state index < -0.39 is 0 Å². The molecule has 1 aliphatic rings. The van der Waals surface area contributed by atoms with Gasteiger partial charge >= 0.3 is 0 Å². The van der Waals surface area contributed by atoms with Crippen LogP contribution in [0, 0.1) is 12.3 Å². The quantitative estimate of drug-likeness (QED) is 0.556. The summed E-state index contributed by atoms with van der Waals surface area (Å²) in [5, 5.41) is 7.61. The minimum Gasteiger partial charge on any atom is -0.158 e. The van der Waals surface area contributed by atoms with Crippen molar-refractivity contribution in [2.75, 3.05) is 0 Å². The van der Waals surface area contributed by atoms with Gasteiger partial charge in [-0.2, -0.15) is 5.10 Å². The van der Waals surface area contributed by atoms with E-state index in [0.29, 0.717) is 11.6 Å². The highest BCUT2D eigenvalue weighted by molar-refractivity contribution is 5.29. The normalized spacial score (nSPS) is 15.9. The summed E-state index contributed by atoms with van der Waals surface area (Å²) in [6.45, 7) is 0. The highest BCUT2D eigenvalue weighted by Gasteiger charge is 2.23. The SMILES string of the molecule is C#Cc1cc(C2CC2)cnn1. The van der Waals surface area contributed by atoms with Gasteiger partial charge in [0.1, 0.15) is 5.69 Å². The highest BCUT2D eigenvalue weighted by Crippen LogP contribution is 2.39. The van der Waals surface area contributed by atoms with Crippen molar-refractivity contribution in [2.45, 2.75) is 18.8 Å². The second-order valence-corrected chi connectivity index (χ2v) is 2.79. The van der Waals surface area contributed by atoms with Gasteiger partial charge in [0, 0.05) is 0 Å².